The largest absolute Gasteiger partial charge is 0.493 e. The van der Waals surface area contributed by atoms with Crippen molar-refractivity contribution >= 4 is 6.21 Å². The first-order valence-electron chi connectivity index (χ1n) is 9.42. The number of oxime groups is 1. The van der Waals surface area contributed by atoms with Gasteiger partial charge in [-0.3, -0.25) is 0 Å². The maximum Gasteiger partial charge on any atom is 0.128 e. The summed E-state index contributed by atoms with van der Waals surface area (Å²) in [6.45, 7) is 7.75. The van der Waals surface area contributed by atoms with Crippen molar-refractivity contribution in [1.29, 1.82) is 0 Å². The van der Waals surface area contributed by atoms with Gasteiger partial charge in [0.1, 0.15) is 31.0 Å². The lowest BCUT2D eigenvalue weighted by Crippen LogP contribution is -2.07. The molecule has 0 fully saturated rings. The average molecular weight is 383 g/mol. The van der Waals surface area contributed by atoms with Gasteiger partial charge in [-0.2, -0.15) is 0 Å². The number of hydrogen-bond acceptors (Lipinski definition) is 5. The van der Waals surface area contributed by atoms with Crippen LogP contribution in [0.2, 0.25) is 0 Å². The number of nitrogens with zero attached hydrogens (tertiary/aromatic N) is 1. The Balaban J connectivity index is 1.83. The summed E-state index contributed by atoms with van der Waals surface area (Å²) < 4.78 is 17.6. The van der Waals surface area contributed by atoms with Crippen LogP contribution in [0.4, 0.5) is 0 Å². The summed E-state index contributed by atoms with van der Waals surface area (Å²) in [6.07, 6.45) is 6.36. The number of hydrogen-bond donors (Lipinski definition) is 0. The van der Waals surface area contributed by atoms with Crippen LogP contribution in [0.25, 0.3) is 0 Å². The molecule has 5 nitrogen and oxygen atoms in total. The lowest BCUT2D eigenvalue weighted by Gasteiger charge is -2.15. The van der Waals surface area contributed by atoms with E-state index in [2.05, 4.69) is 5.16 Å². The molecular formula is C23H29NO4. The highest BCUT2D eigenvalue weighted by molar-refractivity contribution is 5.83. The number of benzene rings is 2. The van der Waals surface area contributed by atoms with Crippen LogP contribution in [0.1, 0.15) is 30.0 Å². The smallest absolute Gasteiger partial charge is 0.128 e. The number of rotatable bonds is 11. The third kappa shape index (κ3) is 6.65. The lowest BCUT2D eigenvalue weighted by molar-refractivity contribution is 0.215. The molecule has 0 spiro atoms. The van der Waals surface area contributed by atoms with Crippen molar-refractivity contribution in [1.82, 2.24) is 0 Å². The zero-order valence-electron chi connectivity index (χ0n) is 17.1. The Morgan fingerprint density at radius 2 is 1.68 bits per heavy atom. The van der Waals surface area contributed by atoms with E-state index in [4.69, 9.17) is 19.0 Å². The van der Waals surface area contributed by atoms with Crippen molar-refractivity contribution in [2.24, 2.45) is 5.16 Å². The molecule has 5 heteroatoms. The number of ether oxygens (including phenoxy) is 3. The van der Waals surface area contributed by atoms with Gasteiger partial charge in [0.15, 0.2) is 0 Å². The number of allylic oxidation sites excluding steroid dienone is 1. The van der Waals surface area contributed by atoms with Gasteiger partial charge < -0.3 is 19.0 Å². The molecule has 0 atom stereocenters. The Labute approximate surface area is 167 Å². The van der Waals surface area contributed by atoms with Gasteiger partial charge in [-0.15, -0.1) is 0 Å². The number of aryl methyl sites for hydroxylation is 2. The third-order valence-electron chi connectivity index (χ3n) is 4.02. The summed E-state index contributed by atoms with van der Waals surface area (Å²) in [6, 6.07) is 11.7. The first-order chi connectivity index (χ1) is 13.7. The summed E-state index contributed by atoms with van der Waals surface area (Å²) in [5.74, 6) is 2.54. The van der Waals surface area contributed by atoms with E-state index in [9.17, 15) is 0 Å². The fraction of sp³-hybridized carbons (Fsp3) is 0.348. The van der Waals surface area contributed by atoms with Gasteiger partial charge in [0.05, 0.1) is 19.4 Å². The molecule has 150 valence electrons. The minimum atomic E-state index is 0.556. The minimum absolute atomic E-state index is 0.556. The van der Waals surface area contributed by atoms with Gasteiger partial charge in [-0.05, 0) is 56.2 Å². The molecule has 2 rings (SSSR count). The second-order valence-electron chi connectivity index (χ2n) is 6.27. The Kier molecular flexibility index (Phi) is 8.92. The van der Waals surface area contributed by atoms with Crippen molar-refractivity contribution in [2.75, 3.05) is 26.9 Å². The van der Waals surface area contributed by atoms with E-state index >= 15 is 0 Å². The summed E-state index contributed by atoms with van der Waals surface area (Å²) in [7, 11) is 1.52. The maximum atomic E-state index is 5.99. The van der Waals surface area contributed by atoms with Gasteiger partial charge in [0.25, 0.3) is 0 Å². The molecule has 0 unspecified atom stereocenters. The Morgan fingerprint density at radius 3 is 2.39 bits per heavy atom. The fourth-order valence-electron chi connectivity index (χ4n) is 2.71. The standard InChI is InChI=1S/C23H29NO4/c1-5-6-12-26-21-15-18(2)23(19(3)16-21)28-14-9-13-27-22-11-8-7-10-20(22)17-24-25-4/h5-8,10-11,15-17H,9,12-14H2,1-4H3/b6-5+,24-17?. The van der Waals surface area contributed by atoms with Crippen molar-refractivity contribution in [3.8, 4) is 17.2 Å². The topological polar surface area (TPSA) is 49.3 Å². The molecule has 0 N–H and O–H groups in total. The normalized spacial score (nSPS) is 11.1. The van der Waals surface area contributed by atoms with Crippen LogP contribution >= 0.6 is 0 Å². The molecule has 0 aliphatic rings. The Morgan fingerprint density at radius 1 is 0.964 bits per heavy atom. The minimum Gasteiger partial charge on any atom is -0.493 e. The van der Waals surface area contributed by atoms with Crippen molar-refractivity contribution in [3.05, 3.63) is 65.2 Å². The zero-order chi connectivity index (χ0) is 20.2. The molecule has 0 heterocycles. The first kappa shape index (κ1) is 21.4. The van der Waals surface area contributed by atoms with Crippen molar-refractivity contribution < 1.29 is 19.0 Å². The van der Waals surface area contributed by atoms with Crippen LogP contribution in [0.3, 0.4) is 0 Å². The molecule has 0 bridgehead atoms. The van der Waals surface area contributed by atoms with Gasteiger partial charge in [0, 0.05) is 12.0 Å². The quantitative estimate of drug-likeness (QED) is 0.235. The molecule has 0 aromatic heterocycles. The van der Waals surface area contributed by atoms with E-state index in [1.54, 1.807) is 6.21 Å². The molecule has 0 amide bonds. The zero-order valence-corrected chi connectivity index (χ0v) is 17.1. The fourth-order valence-corrected chi connectivity index (χ4v) is 2.71. The molecular weight excluding hydrogens is 354 g/mol. The highest BCUT2D eigenvalue weighted by Crippen LogP contribution is 2.28. The van der Waals surface area contributed by atoms with Gasteiger partial charge in [-0.25, -0.2) is 0 Å². The third-order valence-corrected chi connectivity index (χ3v) is 4.02. The summed E-state index contributed by atoms with van der Waals surface area (Å²) in [4.78, 5) is 4.73. The molecule has 0 saturated carbocycles. The second-order valence-corrected chi connectivity index (χ2v) is 6.27. The van der Waals surface area contributed by atoms with Crippen LogP contribution in [0.5, 0.6) is 17.2 Å². The highest BCUT2D eigenvalue weighted by atomic mass is 16.6. The monoisotopic (exact) mass is 383 g/mol. The van der Waals surface area contributed by atoms with Crippen LogP contribution in [0, 0.1) is 13.8 Å². The molecule has 0 aliphatic carbocycles. The van der Waals surface area contributed by atoms with E-state index in [0.29, 0.717) is 19.8 Å². The molecule has 28 heavy (non-hydrogen) atoms. The first-order valence-corrected chi connectivity index (χ1v) is 9.42. The average Bonchev–Trinajstić information content (AvgIpc) is 2.69. The highest BCUT2D eigenvalue weighted by Gasteiger charge is 2.07. The molecule has 0 aliphatic heterocycles. The maximum absolute atomic E-state index is 5.99. The van der Waals surface area contributed by atoms with Crippen molar-refractivity contribution in [2.45, 2.75) is 27.2 Å². The van der Waals surface area contributed by atoms with E-state index in [-0.39, 0.29) is 0 Å². The summed E-state index contributed by atoms with van der Waals surface area (Å²) >= 11 is 0. The van der Waals surface area contributed by atoms with Crippen molar-refractivity contribution in [3.63, 3.8) is 0 Å². The second kappa shape index (κ2) is 11.7. The number of para-hydroxylation sites is 1. The van der Waals surface area contributed by atoms with Crippen LogP contribution in [-0.4, -0.2) is 33.1 Å². The summed E-state index contributed by atoms with van der Waals surface area (Å²) in [5, 5.41) is 3.79. The Hall–Kier alpha value is -2.95. The molecule has 2 aromatic rings. The Bertz CT molecular complexity index is 776. The van der Waals surface area contributed by atoms with E-state index in [1.165, 1.54) is 7.11 Å². The van der Waals surface area contributed by atoms with E-state index in [0.717, 1.165) is 40.4 Å². The van der Waals surface area contributed by atoms with Crippen LogP contribution < -0.4 is 14.2 Å². The van der Waals surface area contributed by atoms with E-state index in [1.807, 2.05) is 69.3 Å². The summed E-state index contributed by atoms with van der Waals surface area (Å²) in [5.41, 5.74) is 3.01. The SMILES string of the molecule is C/C=C/COc1cc(C)c(OCCCOc2ccccc2C=NOC)c(C)c1. The van der Waals surface area contributed by atoms with Gasteiger partial charge >= 0.3 is 0 Å². The molecule has 0 radical (unpaired) electrons. The van der Waals surface area contributed by atoms with Crippen LogP contribution in [0.15, 0.2) is 53.7 Å². The van der Waals surface area contributed by atoms with E-state index < -0.39 is 0 Å². The van der Waals surface area contributed by atoms with Gasteiger partial charge in [0.2, 0.25) is 0 Å². The molecule has 0 saturated heterocycles. The lowest BCUT2D eigenvalue weighted by atomic mass is 10.1. The molecule has 2 aromatic carbocycles. The van der Waals surface area contributed by atoms with Crippen LogP contribution in [-0.2, 0) is 4.84 Å². The van der Waals surface area contributed by atoms with Gasteiger partial charge in [-0.1, -0.05) is 29.4 Å². The predicted molar refractivity (Wildman–Crippen MR) is 113 cm³/mol. The predicted octanol–water partition coefficient (Wildman–Crippen LogP) is 5.09.